The first-order valence-electron chi connectivity index (χ1n) is 7.76. The molecule has 0 radical (unpaired) electrons. The maximum atomic E-state index is 12.2. The van der Waals surface area contributed by atoms with Gasteiger partial charge in [0.05, 0.1) is 23.5 Å². The van der Waals surface area contributed by atoms with Gasteiger partial charge in [-0.1, -0.05) is 12.1 Å². The van der Waals surface area contributed by atoms with Crippen LogP contribution in [0.15, 0.2) is 46.3 Å². The normalized spacial score (nSPS) is 11.1. The van der Waals surface area contributed by atoms with Gasteiger partial charge in [-0.15, -0.1) is 21.5 Å². The molecule has 0 spiro atoms. The van der Waals surface area contributed by atoms with E-state index in [4.69, 9.17) is 4.42 Å². The Balaban J connectivity index is 1.42. The highest BCUT2D eigenvalue weighted by Crippen LogP contribution is 2.26. The molecule has 1 amide bonds. The lowest BCUT2D eigenvalue weighted by Crippen LogP contribution is -2.26. The van der Waals surface area contributed by atoms with Crippen LogP contribution in [-0.4, -0.2) is 25.5 Å². The van der Waals surface area contributed by atoms with E-state index in [9.17, 15) is 4.79 Å². The summed E-state index contributed by atoms with van der Waals surface area (Å²) in [6, 6.07) is 9.53. The second kappa shape index (κ2) is 6.48. The SMILES string of the molecule is Cc1oc(-c2cccs2)nc1CC(=O)NCc1nnc2ccccn12. The molecule has 4 aromatic rings. The van der Waals surface area contributed by atoms with Gasteiger partial charge in [-0.3, -0.25) is 9.20 Å². The summed E-state index contributed by atoms with van der Waals surface area (Å²) in [6.45, 7) is 2.12. The molecule has 0 atom stereocenters. The molecule has 7 nitrogen and oxygen atoms in total. The lowest BCUT2D eigenvalue weighted by molar-refractivity contribution is -0.120. The van der Waals surface area contributed by atoms with Crippen LogP contribution in [0.5, 0.6) is 0 Å². The molecule has 4 aromatic heterocycles. The van der Waals surface area contributed by atoms with Gasteiger partial charge in [0.1, 0.15) is 5.76 Å². The fraction of sp³-hybridized carbons (Fsp3) is 0.176. The smallest absolute Gasteiger partial charge is 0.236 e. The van der Waals surface area contributed by atoms with E-state index in [0.29, 0.717) is 29.7 Å². The van der Waals surface area contributed by atoms with Crippen molar-refractivity contribution in [2.45, 2.75) is 19.9 Å². The molecule has 0 aliphatic carbocycles. The van der Waals surface area contributed by atoms with Crippen LogP contribution in [0.25, 0.3) is 16.4 Å². The average molecular weight is 353 g/mol. The molecule has 4 heterocycles. The number of rotatable bonds is 5. The van der Waals surface area contributed by atoms with E-state index >= 15 is 0 Å². The Labute approximate surface area is 147 Å². The van der Waals surface area contributed by atoms with E-state index in [1.165, 1.54) is 0 Å². The summed E-state index contributed by atoms with van der Waals surface area (Å²) in [7, 11) is 0. The Kier molecular flexibility index (Phi) is 4.02. The molecule has 0 aliphatic rings. The van der Waals surface area contributed by atoms with Crippen LogP contribution in [0, 0.1) is 6.92 Å². The quantitative estimate of drug-likeness (QED) is 0.596. The number of carbonyl (C=O) groups is 1. The van der Waals surface area contributed by atoms with E-state index in [0.717, 1.165) is 10.5 Å². The first-order chi connectivity index (χ1) is 12.2. The Hall–Kier alpha value is -3.00. The zero-order valence-electron chi connectivity index (χ0n) is 13.5. The molecule has 126 valence electrons. The molecule has 0 aromatic carbocycles. The molecule has 0 aliphatic heterocycles. The fourth-order valence-electron chi connectivity index (χ4n) is 2.50. The molecule has 0 saturated heterocycles. The molecule has 0 fully saturated rings. The van der Waals surface area contributed by atoms with Gasteiger partial charge < -0.3 is 9.73 Å². The monoisotopic (exact) mass is 353 g/mol. The van der Waals surface area contributed by atoms with Crippen molar-refractivity contribution in [1.82, 2.24) is 24.9 Å². The van der Waals surface area contributed by atoms with Crippen LogP contribution in [0.3, 0.4) is 0 Å². The van der Waals surface area contributed by atoms with Crippen LogP contribution < -0.4 is 5.32 Å². The minimum atomic E-state index is -0.137. The molecule has 0 unspecified atom stereocenters. The lowest BCUT2D eigenvalue weighted by Gasteiger charge is -2.03. The molecule has 8 heteroatoms. The summed E-state index contributed by atoms with van der Waals surface area (Å²) >= 11 is 1.55. The van der Waals surface area contributed by atoms with Crippen molar-refractivity contribution in [3.05, 3.63) is 59.2 Å². The number of nitrogens with one attached hydrogen (secondary N) is 1. The zero-order valence-corrected chi connectivity index (χ0v) is 14.3. The van der Waals surface area contributed by atoms with Crippen LogP contribution in [0.4, 0.5) is 0 Å². The molecular formula is C17H15N5O2S. The minimum absolute atomic E-state index is 0.137. The van der Waals surface area contributed by atoms with Crippen LogP contribution in [-0.2, 0) is 17.8 Å². The van der Waals surface area contributed by atoms with Gasteiger partial charge in [-0.05, 0) is 30.5 Å². The predicted octanol–water partition coefficient (Wildman–Crippen LogP) is 2.61. The number of thiophene rings is 1. The highest BCUT2D eigenvalue weighted by Gasteiger charge is 2.15. The van der Waals surface area contributed by atoms with Crippen LogP contribution in [0.2, 0.25) is 0 Å². The summed E-state index contributed by atoms with van der Waals surface area (Å²) in [5.74, 6) is 1.76. The molecule has 25 heavy (non-hydrogen) atoms. The van der Waals surface area contributed by atoms with E-state index in [-0.39, 0.29) is 12.3 Å². The topological polar surface area (TPSA) is 85.3 Å². The number of hydrogen-bond donors (Lipinski definition) is 1. The lowest BCUT2D eigenvalue weighted by atomic mass is 10.2. The maximum Gasteiger partial charge on any atom is 0.236 e. The van der Waals surface area contributed by atoms with E-state index in [1.807, 2.05) is 53.2 Å². The van der Waals surface area contributed by atoms with E-state index in [1.54, 1.807) is 11.3 Å². The molecule has 0 saturated carbocycles. The van der Waals surface area contributed by atoms with Crippen molar-refractivity contribution in [2.24, 2.45) is 0 Å². The third-order valence-electron chi connectivity index (χ3n) is 3.78. The summed E-state index contributed by atoms with van der Waals surface area (Å²) in [5.41, 5.74) is 1.40. The van der Waals surface area contributed by atoms with Crippen molar-refractivity contribution < 1.29 is 9.21 Å². The van der Waals surface area contributed by atoms with Gasteiger partial charge >= 0.3 is 0 Å². The van der Waals surface area contributed by atoms with Gasteiger partial charge in [-0.2, -0.15) is 0 Å². The van der Waals surface area contributed by atoms with Crippen molar-refractivity contribution in [3.8, 4) is 10.8 Å². The van der Waals surface area contributed by atoms with Crippen molar-refractivity contribution in [2.75, 3.05) is 0 Å². The van der Waals surface area contributed by atoms with Crippen molar-refractivity contribution in [1.29, 1.82) is 0 Å². The van der Waals surface area contributed by atoms with Gasteiger partial charge in [-0.25, -0.2) is 4.98 Å². The molecular weight excluding hydrogens is 338 g/mol. The summed E-state index contributed by atoms with van der Waals surface area (Å²) in [6.07, 6.45) is 2.03. The Bertz CT molecular complexity index is 1020. The van der Waals surface area contributed by atoms with Gasteiger partial charge in [0.15, 0.2) is 11.5 Å². The summed E-state index contributed by atoms with van der Waals surface area (Å²) < 4.78 is 7.50. The molecule has 0 bridgehead atoms. The first kappa shape index (κ1) is 15.5. The second-order valence-corrected chi connectivity index (χ2v) is 6.45. The standard InChI is InChI=1S/C17H15N5O2S/c1-11-12(19-17(24-11)13-5-4-8-25-13)9-16(23)18-10-15-21-20-14-6-2-3-7-22(14)15/h2-8H,9-10H2,1H3,(H,18,23). The Morgan fingerprint density at radius 2 is 2.20 bits per heavy atom. The van der Waals surface area contributed by atoms with Gasteiger partial charge in [0.25, 0.3) is 0 Å². The highest BCUT2D eigenvalue weighted by atomic mass is 32.1. The Morgan fingerprint density at radius 3 is 3.04 bits per heavy atom. The number of carbonyl (C=O) groups excluding carboxylic acids is 1. The number of amides is 1. The number of nitrogens with zero attached hydrogens (tertiary/aromatic N) is 4. The number of hydrogen-bond acceptors (Lipinski definition) is 6. The van der Waals surface area contributed by atoms with Crippen LogP contribution in [0.1, 0.15) is 17.3 Å². The largest absolute Gasteiger partial charge is 0.440 e. The summed E-state index contributed by atoms with van der Waals surface area (Å²) in [5, 5.41) is 13.0. The zero-order chi connectivity index (χ0) is 17.2. The number of fused-ring (bicyclic) bond motifs is 1. The average Bonchev–Trinajstić information content (AvgIpc) is 3.34. The number of pyridine rings is 1. The maximum absolute atomic E-state index is 12.2. The number of aryl methyl sites for hydroxylation is 1. The number of aromatic nitrogens is 4. The first-order valence-corrected chi connectivity index (χ1v) is 8.64. The minimum Gasteiger partial charge on any atom is -0.440 e. The summed E-state index contributed by atoms with van der Waals surface area (Å²) in [4.78, 5) is 17.6. The fourth-order valence-corrected chi connectivity index (χ4v) is 3.15. The highest BCUT2D eigenvalue weighted by molar-refractivity contribution is 7.13. The van der Waals surface area contributed by atoms with Crippen molar-refractivity contribution in [3.63, 3.8) is 0 Å². The van der Waals surface area contributed by atoms with Gasteiger partial charge in [0.2, 0.25) is 11.8 Å². The molecule has 1 N–H and O–H groups in total. The number of oxazole rings is 1. The van der Waals surface area contributed by atoms with Crippen molar-refractivity contribution >= 4 is 22.9 Å². The third-order valence-corrected chi connectivity index (χ3v) is 4.64. The van der Waals surface area contributed by atoms with E-state index < -0.39 is 0 Å². The van der Waals surface area contributed by atoms with Gasteiger partial charge in [0, 0.05) is 6.20 Å². The predicted molar refractivity (Wildman–Crippen MR) is 93.1 cm³/mol. The van der Waals surface area contributed by atoms with E-state index in [2.05, 4.69) is 20.5 Å². The van der Waals surface area contributed by atoms with Crippen LogP contribution >= 0.6 is 11.3 Å². The third kappa shape index (κ3) is 3.16. The Morgan fingerprint density at radius 1 is 1.28 bits per heavy atom. The molecule has 4 rings (SSSR count). The second-order valence-electron chi connectivity index (χ2n) is 5.50.